The minimum Gasteiger partial charge on any atom is -0.378 e. The fourth-order valence-corrected chi connectivity index (χ4v) is 4.23. The molecule has 0 bridgehead atoms. The summed E-state index contributed by atoms with van der Waals surface area (Å²) in [5.41, 5.74) is 2.52. The standard InChI is InChI=1S/C21H26N6O/c1-25-6-4-16(5-7-25)17-2-3-18-14-24-27(19(18)12-17)21-13-20(22-15-23-21)26-8-10-28-11-9-26/h2-3,12-16H,4-11H2,1H3. The van der Waals surface area contributed by atoms with Crippen LogP contribution in [-0.4, -0.2) is 71.1 Å². The molecule has 7 heteroatoms. The molecule has 2 saturated heterocycles. The van der Waals surface area contributed by atoms with Crippen molar-refractivity contribution in [1.29, 1.82) is 0 Å². The molecule has 1 aromatic carbocycles. The fraction of sp³-hybridized carbons (Fsp3) is 0.476. The Kier molecular flexibility index (Phi) is 4.70. The first kappa shape index (κ1) is 17.6. The average Bonchev–Trinajstić information content (AvgIpc) is 3.18. The van der Waals surface area contributed by atoms with Crippen molar-refractivity contribution in [2.45, 2.75) is 18.8 Å². The highest BCUT2D eigenvalue weighted by Gasteiger charge is 2.20. The van der Waals surface area contributed by atoms with E-state index in [1.807, 2.05) is 16.9 Å². The second-order valence-electron chi connectivity index (χ2n) is 7.79. The minimum atomic E-state index is 0.623. The normalized spacial score (nSPS) is 19.4. The van der Waals surface area contributed by atoms with Crippen LogP contribution >= 0.6 is 0 Å². The largest absolute Gasteiger partial charge is 0.378 e. The van der Waals surface area contributed by atoms with E-state index in [0.717, 1.165) is 61.9 Å². The fourth-order valence-electron chi connectivity index (χ4n) is 4.23. The number of nitrogens with zero attached hydrogens (tertiary/aromatic N) is 6. The van der Waals surface area contributed by atoms with Crippen LogP contribution in [0.15, 0.2) is 36.8 Å². The van der Waals surface area contributed by atoms with Crippen LogP contribution in [0.25, 0.3) is 16.7 Å². The van der Waals surface area contributed by atoms with Crippen LogP contribution in [0.5, 0.6) is 0 Å². The second-order valence-corrected chi connectivity index (χ2v) is 7.79. The minimum absolute atomic E-state index is 0.623. The second kappa shape index (κ2) is 7.48. The van der Waals surface area contributed by atoms with Crippen LogP contribution in [0.4, 0.5) is 5.82 Å². The lowest BCUT2D eigenvalue weighted by Crippen LogP contribution is -2.36. The van der Waals surface area contributed by atoms with Gasteiger partial charge >= 0.3 is 0 Å². The molecule has 146 valence electrons. The summed E-state index contributed by atoms with van der Waals surface area (Å²) in [6.45, 7) is 5.52. The smallest absolute Gasteiger partial charge is 0.159 e. The van der Waals surface area contributed by atoms with E-state index in [9.17, 15) is 0 Å². The molecule has 2 fully saturated rings. The molecule has 0 atom stereocenters. The Morgan fingerprint density at radius 2 is 1.75 bits per heavy atom. The maximum absolute atomic E-state index is 5.45. The number of likely N-dealkylation sites (tertiary alicyclic amines) is 1. The molecule has 0 spiro atoms. The lowest BCUT2D eigenvalue weighted by atomic mass is 9.89. The van der Waals surface area contributed by atoms with E-state index in [2.05, 4.69) is 50.1 Å². The van der Waals surface area contributed by atoms with Crippen molar-refractivity contribution >= 4 is 16.7 Å². The van der Waals surface area contributed by atoms with Crippen LogP contribution in [0, 0.1) is 0 Å². The number of hydrogen-bond acceptors (Lipinski definition) is 6. The van der Waals surface area contributed by atoms with Crippen molar-refractivity contribution in [2.24, 2.45) is 0 Å². The maximum atomic E-state index is 5.45. The number of morpholine rings is 1. The molecule has 7 nitrogen and oxygen atoms in total. The van der Waals surface area contributed by atoms with Gasteiger partial charge in [0.1, 0.15) is 12.1 Å². The van der Waals surface area contributed by atoms with Gasteiger partial charge in [-0.15, -0.1) is 0 Å². The molecule has 0 saturated carbocycles. The molecular formula is C21H26N6O. The Morgan fingerprint density at radius 3 is 2.57 bits per heavy atom. The van der Waals surface area contributed by atoms with Gasteiger partial charge in [-0.25, -0.2) is 14.6 Å². The molecule has 3 aromatic rings. The Labute approximate surface area is 164 Å². The van der Waals surface area contributed by atoms with E-state index in [0.29, 0.717) is 5.92 Å². The van der Waals surface area contributed by atoms with Gasteiger partial charge in [0.2, 0.25) is 0 Å². The Balaban J connectivity index is 1.48. The lowest BCUT2D eigenvalue weighted by Gasteiger charge is -2.29. The van der Waals surface area contributed by atoms with Crippen molar-refractivity contribution < 1.29 is 4.74 Å². The first-order chi connectivity index (χ1) is 13.8. The predicted octanol–water partition coefficient (Wildman–Crippen LogP) is 2.46. The summed E-state index contributed by atoms with van der Waals surface area (Å²) in [6.07, 6.45) is 5.98. The third-order valence-corrected chi connectivity index (χ3v) is 5.98. The van der Waals surface area contributed by atoms with Gasteiger partial charge in [0.05, 0.1) is 24.9 Å². The van der Waals surface area contributed by atoms with Crippen molar-refractivity contribution in [1.82, 2.24) is 24.6 Å². The molecule has 2 aromatic heterocycles. The van der Waals surface area contributed by atoms with Gasteiger partial charge in [0.15, 0.2) is 5.82 Å². The van der Waals surface area contributed by atoms with Gasteiger partial charge in [-0.1, -0.05) is 12.1 Å². The van der Waals surface area contributed by atoms with Crippen LogP contribution in [0.3, 0.4) is 0 Å². The Hall–Kier alpha value is -2.51. The van der Waals surface area contributed by atoms with Crippen LogP contribution in [0.2, 0.25) is 0 Å². The molecule has 0 amide bonds. The van der Waals surface area contributed by atoms with E-state index in [-0.39, 0.29) is 0 Å². The molecule has 0 radical (unpaired) electrons. The van der Waals surface area contributed by atoms with Gasteiger partial charge in [0.25, 0.3) is 0 Å². The highest BCUT2D eigenvalue weighted by atomic mass is 16.5. The third kappa shape index (κ3) is 3.36. The number of benzene rings is 1. The van der Waals surface area contributed by atoms with Crippen LogP contribution < -0.4 is 4.90 Å². The maximum Gasteiger partial charge on any atom is 0.159 e. The third-order valence-electron chi connectivity index (χ3n) is 5.98. The first-order valence-corrected chi connectivity index (χ1v) is 10.1. The summed E-state index contributed by atoms with van der Waals surface area (Å²) in [5, 5.41) is 5.77. The van der Waals surface area contributed by atoms with Crippen molar-refractivity contribution in [3.8, 4) is 5.82 Å². The molecule has 2 aliphatic rings. The zero-order valence-corrected chi connectivity index (χ0v) is 16.3. The highest BCUT2D eigenvalue weighted by molar-refractivity contribution is 5.81. The quantitative estimate of drug-likeness (QED) is 0.698. The van der Waals surface area contributed by atoms with E-state index in [1.54, 1.807) is 6.33 Å². The topological polar surface area (TPSA) is 59.3 Å². The molecule has 0 aliphatic carbocycles. The molecule has 0 unspecified atom stereocenters. The first-order valence-electron chi connectivity index (χ1n) is 10.1. The number of anilines is 1. The monoisotopic (exact) mass is 378 g/mol. The zero-order chi connectivity index (χ0) is 18.9. The van der Waals surface area contributed by atoms with E-state index in [4.69, 9.17) is 4.74 Å². The summed E-state index contributed by atoms with van der Waals surface area (Å²) < 4.78 is 7.40. The zero-order valence-electron chi connectivity index (χ0n) is 16.3. The summed E-state index contributed by atoms with van der Waals surface area (Å²) in [6, 6.07) is 8.79. The van der Waals surface area contributed by atoms with E-state index < -0.39 is 0 Å². The van der Waals surface area contributed by atoms with E-state index >= 15 is 0 Å². The van der Waals surface area contributed by atoms with Gasteiger partial charge in [-0.3, -0.25) is 0 Å². The number of hydrogen-bond donors (Lipinski definition) is 0. The highest BCUT2D eigenvalue weighted by Crippen LogP contribution is 2.30. The number of ether oxygens (including phenoxy) is 1. The van der Waals surface area contributed by atoms with Crippen LogP contribution in [-0.2, 0) is 4.74 Å². The Morgan fingerprint density at radius 1 is 0.964 bits per heavy atom. The number of piperidine rings is 1. The van der Waals surface area contributed by atoms with Gasteiger partial charge in [-0.2, -0.15) is 5.10 Å². The summed E-state index contributed by atoms with van der Waals surface area (Å²) in [5.74, 6) is 2.37. The summed E-state index contributed by atoms with van der Waals surface area (Å²) in [7, 11) is 2.20. The molecule has 28 heavy (non-hydrogen) atoms. The van der Waals surface area contributed by atoms with Crippen molar-refractivity contribution in [3.05, 3.63) is 42.4 Å². The van der Waals surface area contributed by atoms with Crippen molar-refractivity contribution in [2.75, 3.05) is 51.3 Å². The molecule has 5 rings (SSSR count). The Bertz CT molecular complexity index is 956. The molecular weight excluding hydrogens is 352 g/mol. The average molecular weight is 378 g/mol. The molecule has 4 heterocycles. The number of rotatable bonds is 3. The molecule has 2 aliphatic heterocycles. The predicted molar refractivity (Wildman–Crippen MR) is 109 cm³/mol. The number of fused-ring (bicyclic) bond motifs is 1. The van der Waals surface area contributed by atoms with Gasteiger partial charge in [0, 0.05) is 24.5 Å². The van der Waals surface area contributed by atoms with Crippen molar-refractivity contribution in [3.63, 3.8) is 0 Å². The molecule has 0 N–H and O–H groups in total. The number of aromatic nitrogens is 4. The van der Waals surface area contributed by atoms with Crippen LogP contribution in [0.1, 0.15) is 24.3 Å². The van der Waals surface area contributed by atoms with Gasteiger partial charge < -0.3 is 14.5 Å². The van der Waals surface area contributed by atoms with Gasteiger partial charge in [-0.05, 0) is 50.5 Å². The summed E-state index contributed by atoms with van der Waals surface area (Å²) >= 11 is 0. The lowest BCUT2D eigenvalue weighted by molar-refractivity contribution is 0.122. The SMILES string of the molecule is CN1CCC(c2ccc3cnn(-c4cc(N5CCOCC5)ncn4)c3c2)CC1. The summed E-state index contributed by atoms with van der Waals surface area (Å²) in [4.78, 5) is 13.6. The van der Waals surface area contributed by atoms with E-state index in [1.165, 1.54) is 18.4 Å².